The molecule has 2 unspecified atom stereocenters. The molecule has 3 nitrogen and oxygen atoms in total. The van der Waals surface area contributed by atoms with Gasteiger partial charge in [0.1, 0.15) is 0 Å². The number of imide groups is 1. The quantitative estimate of drug-likeness (QED) is 0.583. The van der Waals surface area contributed by atoms with E-state index in [0.29, 0.717) is 23.6 Å². The lowest BCUT2D eigenvalue weighted by atomic mass is 9.85. The number of carbonyl (C=O) groups excluding carboxylic acids is 2. The third kappa shape index (κ3) is 1.80. The second-order valence-electron chi connectivity index (χ2n) is 5.05. The van der Waals surface area contributed by atoms with E-state index in [4.69, 9.17) is 11.6 Å². The van der Waals surface area contributed by atoms with Crippen LogP contribution in [0.2, 0.25) is 5.02 Å². The fourth-order valence-corrected chi connectivity index (χ4v) is 3.05. The van der Waals surface area contributed by atoms with E-state index in [1.54, 1.807) is 18.2 Å². The Kier molecular flexibility index (Phi) is 2.94. The third-order valence-electron chi connectivity index (χ3n) is 3.99. The molecular formula is C15H14ClNO2. The molecular weight excluding hydrogens is 262 g/mol. The molecule has 0 spiro atoms. The van der Waals surface area contributed by atoms with E-state index in [1.165, 1.54) is 4.90 Å². The van der Waals surface area contributed by atoms with Crippen LogP contribution in [0.3, 0.4) is 0 Å². The molecule has 0 bridgehead atoms. The lowest BCUT2D eigenvalue weighted by Crippen LogP contribution is -2.31. The van der Waals surface area contributed by atoms with Gasteiger partial charge < -0.3 is 0 Å². The van der Waals surface area contributed by atoms with E-state index >= 15 is 0 Å². The van der Waals surface area contributed by atoms with Crippen molar-refractivity contribution < 1.29 is 9.59 Å². The minimum absolute atomic E-state index is 0.0929. The number of nitrogens with zero attached hydrogens (tertiary/aromatic N) is 1. The van der Waals surface area contributed by atoms with Gasteiger partial charge in [0, 0.05) is 5.02 Å². The minimum Gasteiger partial charge on any atom is -0.274 e. The van der Waals surface area contributed by atoms with Crippen LogP contribution in [0.4, 0.5) is 5.69 Å². The summed E-state index contributed by atoms with van der Waals surface area (Å²) in [6.45, 7) is 1.83. The van der Waals surface area contributed by atoms with Crippen LogP contribution >= 0.6 is 11.6 Å². The summed E-state index contributed by atoms with van der Waals surface area (Å²) in [5.74, 6) is -0.582. The van der Waals surface area contributed by atoms with Gasteiger partial charge >= 0.3 is 0 Å². The highest BCUT2D eigenvalue weighted by Crippen LogP contribution is 2.39. The zero-order valence-electron chi connectivity index (χ0n) is 10.6. The Morgan fingerprint density at radius 2 is 1.68 bits per heavy atom. The fraction of sp³-hybridized carbons (Fsp3) is 0.333. The average molecular weight is 276 g/mol. The summed E-state index contributed by atoms with van der Waals surface area (Å²) in [6, 6.07) is 5.31. The highest BCUT2D eigenvalue weighted by molar-refractivity contribution is 6.32. The number of carbonyl (C=O) groups is 2. The van der Waals surface area contributed by atoms with Gasteiger partial charge in [0.25, 0.3) is 0 Å². The van der Waals surface area contributed by atoms with Gasteiger partial charge in [0.05, 0.1) is 17.5 Å². The zero-order valence-corrected chi connectivity index (χ0v) is 11.4. The van der Waals surface area contributed by atoms with Crippen molar-refractivity contribution in [3.05, 3.63) is 40.9 Å². The number of anilines is 1. The van der Waals surface area contributed by atoms with Crippen LogP contribution in [-0.2, 0) is 9.59 Å². The molecule has 0 saturated carbocycles. The third-order valence-corrected chi connectivity index (χ3v) is 4.40. The molecule has 2 amide bonds. The van der Waals surface area contributed by atoms with E-state index in [0.717, 1.165) is 5.56 Å². The number of amides is 2. The standard InChI is InChI=1S/C15H14ClNO2/c1-9-12(16)7-4-8-13(9)17-14(18)10-5-2-3-6-11(10)15(17)19/h2-4,7-8,10-11H,5-6H2,1H3. The first kappa shape index (κ1) is 12.4. The Morgan fingerprint density at radius 1 is 1.11 bits per heavy atom. The topological polar surface area (TPSA) is 37.4 Å². The van der Waals surface area contributed by atoms with E-state index < -0.39 is 0 Å². The van der Waals surface area contributed by atoms with Gasteiger partial charge in [-0.1, -0.05) is 29.8 Å². The Labute approximate surface area is 116 Å². The highest BCUT2D eigenvalue weighted by Gasteiger charge is 2.48. The van der Waals surface area contributed by atoms with Crippen LogP contribution in [0.15, 0.2) is 30.4 Å². The smallest absolute Gasteiger partial charge is 0.238 e. The predicted octanol–water partition coefficient (Wildman–Crippen LogP) is 3.10. The number of hydrogen-bond donors (Lipinski definition) is 0. The predicted molar refractivity (Wildman–Crippen MR) is 74.0 cm³/mol. The van der Waals surface area contributed by atoms with Crippen LogP contribution in [0, 0.1) is 18.8 Å². The number of hydrogen-bond acceptors (Lipinski definition) is 2. The van der Waals surface area contributed by atoms with Crippen LogP contribution in [-0.4, -0.2) is 11.8 Å². The normalized spacial score (nSPS) is 25.9. The number of halogens is 1. The Balaban J connectivity index is 2.04. The summed E-state index contributed by atoms with van der Waals surface area (Å²) in [6.07, 6.45) is 5.29. The van der Waals surface area contributed by atoms with E-state index in [9.17, 15) is 9.59 Å². The summed E-state index contributed by atoms with van der Waals surface area (Å²) in [5, 5.41) is 0.575. The molecule has 1 aliphatic heterocycles. The first-order chi connectivity index (χ1) is 9.11. The average Bonchev–Trinajstić information content (AvgIpc) is 2.67. The first-order valence-corrected chi connectivity index (χ1v) is 6.77. The van der Waals surface area contributed by atoms with Crippen LogP contribution in [0.25, 0.3) is 0 Å². The Bertz CT molecular complexity index is 568. The lowest BCUT2D eigenvalue weighted by molar-refractivity contribution is -0.122. The number of allylic oxidation sites excluding steroid dienone is 2. The SMILES string of the molecule is Cc1c(Cl)cccc1N1C(=O)C2CC=CCC2C1=O. The van der Waals surface area contributed by atoms with Gasteiger partial charge in [-0.3, -0.25) is 9.59 Å². The summed E-state index contributed by atoms with van der Waals surface area (Å²) in [5.41, 5.74) is 1.40. The van der Waals surface area contributed by atoms with Gasteiger partial charge in [-0.25, -0.2) is 4.90 Å². The molecule has 3 rings (SSSR count). The van der Waals surface area contributed by atoms with Crippen LogP contribution < -0.4 is 4.90 Å². The van der Waals surface area contributed by atoms with Gasteiger partial charge in [-0.15, -0.1) is 0 Å². The van der Waals surface area contributed by atoms with Crippen LogP contribution in [0.5, 0.6) is 0 Å². The van der Waals surface area contributed by atoms with Crippen molar-refractivity contribution in [1.82, 2.24) is 0 Å². The van der Waals surface area contributed by atoms with Gasteiger partial charge in [0.15, 0.2) is 0 Å². The van der Waals surface area contributed by atoms with Crippen LogP contribution in [0.1, 0.15) is 18.4 Å². The highest BCUT2D eigenvalue weighted by atomic mass is 35.5. The monoisotopic (exact) mass is 275 g/mol. The second-order valence-corrected chi connectivity index (χ2v) is 5.46. The molecule has 1 saturated heterocycles. The van der Waals surface area contributed by atoms with Crippen molar-refractivity contribution in [3.63, 3.8) is 0 Å². The summed E-state index contributed by atoms with van der Waals surface area (Å²) >= 11 is 6.08. The Morgan fingerprint density at radius 3 is 2.26 bits per heavy atom. The maximum absolute atomic E-state index is 12.4. The minimum atomic E-state index is -0.198. The van der Waals surface area contributed by atoms with Crippen molar-refractivity contribution in [2.24, 2.45) is 11.8 Å². The molecule has 98 valence electrons. The second kappa shape index (κ2) is 4.49. The molecule has 2 aliphatic rings. The van der Waals surface area contributed by atoms with Crippen molar-refractivity contribution in [2.75, 3.05) is 4.90 Å². The molecule has 0 aromatic heterocycles. The van der Waals surface area contributed by atoms with Gasteiger partial charge in [-0.2, -0.15) is 0 Å². The molecule has 1 aliphatic carbocycles. The van der Waals surface area contributed by atoms with Crippen molar-refractivity contribution in [2.45, 2.75) is 19.8 Å². The van der Waals surface area contributed by atoms with Crippen molar-refractivity contribution >= 4 is 29.1 Å². The first-order valence-electron chi connectivity index (χ1n) is 6.39. The van der Waals surface area contributed by atoms with Gasteiger partial charge in [0.2, 0.25) is 11.8 Å². The molecule has 0 N–H and O–H groups in total. The number of rotatable bonds is 1. The zero-order chi connectivity index (χ0) is 13.6. The lowest BCUT2D eigenvalue weighted by Gasteiger charge is -2.17. The van der Waals surface area contributed by atoms with Crippen molar-refractivity contribution in [3.8, 4) is 0 Å². The van der Waals surface area contributed by atoms with E-state index in [-0.39, 0.29) is 23.7 Å². The maximum Gasteiger partial charge on any atom is 0.238 e. The molecule has 19 heavy (non-hydrogen) atoms. The number of benzene rings is 1. The largest absolute Gasteiger partial charge is 0.274 e. The fourth-order valence-electron chi connectivity index (χ4n) is 2.88. The molecule has 1 aromatic carbocycles. The summed E-state index contributed by atoms with van der Waals surface area (Å²) in [4.78, 5) is 26.2. The number of fused-ring (bicyclic) bond motifs is 1. The van der Waals surface area contributed by atoms with Crippen molar-refractivity contribution in [1.29, 1.82) is 0 Å². The summed E-state index contributed by atoms with van der Waals surface area (Å²) in [7, 11) is 0. The van der Waals surface area contributed by atoms with E-state index in [1.807, 2.05) is 19.1 Å². The molecule has 2 atom stereocenters. The maximum atomic E-state index is 12.4. The molecule has 4 heteroatoms. The molecule has 1 aromatic rings. The van der Waals surface area contributed by atoms with Gasteiger partial charge in [-0.05, 0) is 37.5 Å². The van der Waals surface area contributed by atoms with E-state index in [2.05, 4.69) is 0 Å². The summed E-state index contributed by atoms with van der Waals surface area (Å²) < 4.78 is 0. The molecule has 1 heterocycles. The molecule has 1 fully saturated rings. The molecule has 0 radical (unpaired) electrons. The Hall–Kier alpha value is -1.61.